The summed E-state index contributed by atoms with van der Waals surface area (Å²) >= 11 is 0. The van der Waals surface area contributed by atoms with Gasteiger partial charge >= 0.3 is 0 Å². The molecule has 0 aliphatic heterocycles. The smallest absolute Gasteiger partial charge is 0.0314 e. The Morgan fingerprint density at radius 3 is 1.77 bits per heavy atom. The lowest BCUT2D eigenvalue weighted by Gasteiger charge is -2.55. The molecule has 0 fully saturated rings. The number of nitrogen functional groups attached to an aromatic ring is 1. The van der Waals surface area contributed by atoms with Crippen LogP contribution < -0.4 is 11.5 Å². The van der Waals surface area contributed by atoms with Crippen LogP contribution in [0.1, 0.15) is 53.5 Å². The Labute approximate surface area is 135 Å². The van der Waals surface area contributed by atoms with Gasteiger partial charge in [0.05, 0.1) is 0 Å². The standard InChI is InChI=1S/C20H30N2/c1-18(2,3)20(19(4,5)6)13-15(9-12-17(20)22)14-7-10-16(21)11-8-14/h7-12H,13,21-22H2,1-6H3. The van der Waals surface area contributed by atoms with Crippen molar-refractivity contribution in [3.63, 3.8) is 0 Å². The van der Waals surface area contributed by atoms with E-state index in [0.717, 1.165) is 17.8 Å². The van der Waals surface area contributed by atoms with Crippen molar-refractivity contribution >= 4 is 11.3 Å². The van der Waals surface area contributed by atoms with Crippen LogP contribution in [0, 0.1) is 16.2 Å². The van der Waals surface area contributed by atoms with Gasteiger partial charge in [-0.3, -0.25) is 0 Å². The zero-order valence-electron chi connectivity index (χ0n) is 14.8. The van der Waals surface area contributed by atoms with E-state index in [1.807, 2.05) is 12.1 Å². The van der Waals surface area contributed by atoms with E-state index >= 15 is 0 Å². The number of nitrogens with two attached hydrogens (primary N) is 2. The Hall–Kier alpha value is -1.70. The van der Waals surface area contributed by atoms with Crippen LogP contribution in [-0.4, -0.2) is 0 Å². The normalized spacial score (nSPS) is 18.6. The molecule has 1 aromatic rings. The largest absolute Gasteiger partial charge is 0.402 e. The second-order valence-corrected chi connectivity index (χ2v) is 8.52. The predicted molar refractivity (Wildman–Crippen MR) is 97.1 cm³/mol. The summed E-state index contributed by atoms with van der Waals surface area (Å²) in [4.78, 5) is 0. The van der Waals surface area contributed by atoms with Crippen molar-refractivity contribution in [2.45, 2.75) is 48.0 Å². The van der Waals surface area contributed by atoms with Crippen LogP contribution >= 0.6 is 0 Å². The molecule has 1 aromatic carbocycles. The minimum absolute atomic E-state index is 0.0686. The molecule has 2 nitrogen and oxygen atoms in total. The molecule has 4 N–H and O–H groups in total. The van der Waals surface area contributed by atoms with Crippen molar-refractivity contribution in [1.82, 2.24) is 0 Å². The summed E-state index contributed by atoms with van der Waals surface area (Å²) in [6.45, 7) is 13.8. The molecule has 0 bridgehead atoms. The molecular formula is C20H30N2. The Morgan fingerprint density at radius 2 is 1.32 bits per heavy atom. The molecular weight excluding hydrogens is 268 g/mol. The number of benzene rings is 1. The van der Waals surface area contributed by atoms with E-state index in [2.05, 4.69) is 65.8 Å². The monoisotopic (exact) mass is 298 g/mol. The Balaban J connectivity index is 2.55. The molecule has 1 aliphatic rings. The molecule has 0 aromatic heterocycles. The number of rotatable bonds is 1. The molecule has 2 rings (SSSR count). The van der Waals surface area contributed by atoms with Gasteiger partial charge in [-0.1, -0.05) is 59.8 Å². The van der Waals surface area contributed by atoms with Gasteiger partial charge in [-0.2, -0.15) is 0 Å². The maximum absolute atomic E-state index is 6.55. The predicted octanol–water partition coefficient (Wildman–Crippen LogP) is 4.98. The fourth-order valence-corrected chi connectivity index (χ4v) is 4.20. The topological polar surface area (TPSA) is 52.0 Å². The van der Waals surface area contributed by atoms with Crippen molar-refractivity contribution in [3.8, 4) is 0 Å². The summed E-state index contributed by atoms with van der Waals surface area (Å²) in [5.41, 5.74) is 16.8. The van der Waals surface area contributed by atoms with Crippen molar-refractivity contribution in [2.24, 2.45) is 22.0 Å². The third-order valence-corrected chi connectivity index (χ3v) is 5.25. The molecule has 1 aliphatic carbocycles. The quantitative estimate of drug-likeness (QED) is 0.719. The zero-order valence-corrected chi connectivity index (χ0v) is 14.8. The van der Waals surface area contributed by atoms with E-state index in [1.165, 1.54) is 11.1 Å². The summed E-state index contributed by atoms with van der Waals surface area (Å²) in [6.07, 6.45) is 5.22. The van der Waals surface area contributed by atoms with E-state index in [9.17, 15) is 0 Å². The molecule has 0 radical (unpaired) electrons. The highest BCUT2D eigenvalue weighted by molar-refractivity contribution is 5.71. The highest BCUT2D eigenvalue weighted by Crippen LogP contribution is 2.60. The highest BCUT2D eigenvalue weighted by atomic mass is 14.7. The van der Waals surface area contributed by atoms with Crippen molar-refractivity contribution in [3.05, 3.63) is 47.7 Å². The lowest BCUT2D eigenvalue weighted by atomic mass is 9.49. The van der Waals surface area contributed by atoms with Gasteiger partial charge in [-0.15, -0.1) is 0 Å². The Morgan fingerprint density at radius 1 is 0.818 bits per heavy atom. The summed E-state index contributed by atoms with van der Waals surface area (Å²) in [7, 11) is 0. The minimum atomic E-state index is -0.0779. The Kier molecular flexibility index (Phi) is 3.93. The second-order valence-electron chi connectivity index (χ2n) is 8.52. The maximum Gasteiger partial charge on any atom is 0.0314 e. The average molecular weight is 298 g/mol. The molecule has 22 heavy (non-hydrogen) atoms. The van der Waals surface area contributed by atoms with Gasteiger partial charge < -0.3 is 11.5 Å². The summed E-state index contributed by atoms with van der Waals surface area (Å²) in [6, 6.07) is 8.14. The number of hydrogen-bond donors (Lipinski definition) is 2. The zero-order chi connectivity index (χ0) is 16.8. The fraction of sp³-hybridized carbons (Fsp3) is 0.500. The maximum atomic E-state index is 6.55. The molecule has 0 heterocycles. The average Bonchev–Trinajstić information content (AvgIpc) is 2.37. The van der Waals surface area contributed by atoms with Gasteiger partial charge in [0.2, 0.25) is 0 Å². The summed E-state index contributed by atoms with van der Waals surface area (Å²) < 4.78 is 0. The van der Waals surface area contributed by atoms with Crippen LogP contribution in [0.5, 0.6) is 0 Å². The number of anilines is 1. The SMILES string of the molecule is CC(C)(C)C1(C(C)(C)C)CC(c2ccc(N)cc2)=CC=C1N. The summed E-state index contributed by atoms with van der Waals surface area (Å²) in [5.74, 6) is 0. The highest BCUT2D eigenvalue weighted by Gasteiger charge is 2.53. The third kappa shape index (κ3) is 2.55. The molecule has 0 saturated carbocycles. The molecule has 0 unspecified atom stereocenters. The van der Waals surface area contributed by atoms with E-state index in [1.54, 1.807) is 0 Å². The van der Waals surface area contributed by atoms with Gasteiger partial charge in [0.25, 0.3) is 0 Å². The van der Waals surface area contributed by atoms with E-state index in [0.29, 0.717) is 0 Å². The van der Waals surface area contributed by atoms with Crippen LogP contribution in [0.2, 0.25) is 0 Å². The van der Waals surface area contributed by atoms with Crippen LogP contribution in [0.3, 0.4) is 0 Å². The van der Waals surface area contributed by atoms with Crippen LogP contribution in [0.15, 0.2) is 42.1 Å². The third-order valence-electron chi connectivity index (χ3n) is 5.25. The second kappa shape index (κ2) is 5.19. The van der Waals surface area contributed by atoms with Gasteiger partial charge in [0, 0.05) is 16.8 Å². The van der Waals surface area contributed by atoms with E-state index in [-0.39, 0.29) is 16.2 Å². The summed E-state index contributed by atoms with van der Waals surface area (Å²) in [5, 5.41) is 0. The van der Waals surface area contributed by atoms with Crippen molar-refractivity contribution in [2.75, 3.05) is 5.73 Å². The van der Waals surface area contributed by atoms with Crippen molar-refractivity contribution in [1.29, 1.82) is 0 Å². The molecule has 0 saturated heterocycles. The van der Waals surface area contributed by atoms with Gasteiger partial charge in [0.1, 0.15) is 0 Å². The molecule has 2 heteroatoms. The van der Waals surface area contributed by atoms with Crippen LogP contribution in [0.4, 0.5) is 5.69 Å². The van der Waals surface area contributed by atoms with Crippen molar-refractivity contribution < 1.29 is 0 Å². The lowest BCUT2D eigenvalue weighted by Crippen LogP contribution is -2.50. The fourth-order valence-electron chi connectivity index (χ4n) is 4.20. The Bertz CT molecular complexity index is 591. The van der Waals surface area contributed by atoms with E-state index < -0.39 is 0 Å². The number of allylic oxidation sites excluding steroid dienone is 4. The molecule has 0 amide bonds. The first-order valence-electron chi connectivity index (χ1n) is 8.02. The first-order chi connectivity index (χ1) is 9.99. The first kappa shape index (κ1) is 16.7. The molecule has 120 valence electrons. The van der Waals surface area contributed by atoms with Gasteiger partial charge in [-0.05, 0) is 46.6 Å². The first-order valence-corrected chi connectivity index (χ1v) is 8.02. The number of hydrogen-bond acceptors (Lipinski definition) is 2. The van der Waals surface area contributed by atoms with Gasteiger partial charge in [0.15, 0.2) is 0 Å². The van der Waals surface area contributed by atoms with Crippen LogP contribution in [-0.2, 0) is 0 Å². The van der Waals surface area contributed by atoms with Crippen LogP contribution in [0.25, 0.3) is 5.57 Å². The molecule has 0 atom stereocenters. The van der Waals surface area contributed by atoms with E-state index in [4.69, 9.17) is 11.5 Å². The molecule has 0 spiro atoms. The minimum Gasteiger partial charge on any atom is -0.402 e. The lowest BCUT2D eigenvalue weighted by molar-refractivity contribution is 0.00777. The van der Waals surface area contributed by atoms with Gasteiger partial charge in [-0.25, -0.2) is 0 Å².